The van der Waals surface area contributed by atoms with Crippen LogP contribution in [0.1, 0.15) is 34.1 Å². The normalized spacial score (nSPS) is 26.2. The summed E-state index contributed by atoms with van der Waals surface area (Å²) in [6.45, 7) is 10.5. The van der Waals surface area contributed by atoms with E-state index in [1.165, 1.54) is 0 Å². The monoisotopic (exact) mass is 237 g/mol. The van der Waals surface area contributed by atoms with Gasteiger partial charge < -0.3 is 10.1 Å². The smallest absolute Gasteiger partial charge is 0.0787 e. The van der Waals surface area contributed by atoms with Gasteiger partial charge in [-0.15, -0.1) is 0 Å². The van der Waals surface area contributed by atoms with Gasteiger partial charge in [-0.2, -0.15) is 5.10 Å². The molecule has 1 aliphatic rings. The number of hydrogen-bond acceptors (Lipinski definition) is 3. The van der Waals surface area contributed by atoms with E-state index in [9.17, 15) is 0 Å². The van der Waals surface area contributed by atoms with Crippen molar-refractivity contribution >= 4 is 0 Å². The molecule has 1 aromatic rings. The summed E-state index contributed by atoms with van der Waals surface area (Å²) in [7, 11) is 0. The Morgan fingerprint density at radius 1 is 1.41 bits per heavy atom. The molecule has 17 heavy (non-hydrogen) atoms. The van der Waals surface area contributed by atoms with Crippen LogP contribution in [0.15, 0.2) is 18.5 Å². The molecule has 1 fully saturated rings. The largest absolute Gasteiger partial charge is 0.368 e. The first-order valence-corrected chi connectivity index (χ1v) is 6.30. The molecule has 0 spiro atoms. The second-order valence-electron chi connectivity index (χ2n) is 5.95. The van der Waals surface area contributed by atoms with Gasteiger partial charge in [-0.1, -0.05) is 0 Å². The fourth-order valence-corrected chi connectivity index (χ4v) is 2.67. The number of rotatable bonds is 4. The lowest BCUT2D eigenvalue weighted by Gasteiger charge is -2.27. The summed E-state index contributed by atoms with van der Waals surface area (Å²) >= 11 is 0. The maximum Gasteiger partial charge on any atom is 0.0787 e. The first-order valence-electron chi connectivity index (χ1n) is 6.30. The molecule has 0 saturated carbocycles. The highest BCUT2D eigenvalue weighted by molar-refractivity contribution is 4.98. The predicted octanol–water partition coefficient (Wildman–Crippen LogP) is 1.82. The molecule has 2 rings (SSSR count). The zero-order chi connectivity index (χ0) is 12.5. The van der Waals surface area contributed by atoms with E-state index in [0.717, 1.165) is 19.5 Å². The minimum absolute atomic E-state index is 0.0210. The van der Waals surface area contributed by atoms with Crippen LogP contribution in [-0.2, 0) is 11.3 Å². The molecule has 1 unspecified atom stereocenters. The quantitative estimate of drug-likeness (QED) is 0.868. The lowest BCUT2D eigenvalue weighted by atomic mass is 9.94. The minimum atomic E-state index is -0.0897. The molecule has 1 aliphatic heterocycles. The average Bonchev–Trinajstić information content (AvgIpc) is 2.72. The van der Waals surface area contributed by atoms with Gasteiger partial charge >= 0.3 is 0 Å². The first-order chi connectivity index (χ1) is 7.89. The van der Waals surface area contributed by atoms with Gasteiger partial charge in [-0.05, 0) is 40.2 Å². The summed E-state index contributed by atoms with van der Waals surface area (Å²) in [4.78, 5) is 0. The summed E-state index contributed by atoms with van der Waals surface area (Å²) in [5.74, 6) is 0. The van der Waals surface area contributed by atoms with Crippen molar-refractivity contribution in [3.05, 3.63) is 18.5 Å². The SMILES string of the molecule is CC1(C)CC(NCCn2cccn2)C(C)(C)O1. The Bertz CT molecular complexity index is 357. The highest BCUT2D eigenvalue weighted by Crippen LogP contribution is 2.37. The van der Waals surface area contributed by atoms with E-state index in [2.05, 4.69) is 38.1 Å². The summed E-state index contributed by atoms with van der Waals surface area (Å²) in [5, 5.41) is 7.77. The number of aromatic nitrogens is 2. The Balaban J connectivity index is 1.83. The van der Waals surface area contributed by atoms with Gasteiger partial charge in [0.05, 0.1) is 17.7 Å². The van der Waals surface area contributed by atoms with Crippen LogP contribution in [0.5, 0.6) is 0 Å². The Hall–Kier alpha value is -0.870. The molecule has 1 N–H and O–H groups in total. The van der Waals surface area contributed by atoms with Gasteiger partial charge in [-0.25, -0.2) is 0 Å². The third kappa shape index (κ3) is 3.07. The molecule has 4 nitrogen and oxygen atoms in total. The Morgan fingerprint density at radius 3 is 2.71 bits per heavy atom. The van der Waals surface area contributed by atoms with Crippen LogP contribution in [0.3, 0.4) is 0 Å². The van der Waals surface area contributed by atoms with Crippen molar-refractivity contribution in [2.45, 2.75) is 57.9 Å². The highest BCUT2D eigenvalue weighted by Gasteiger charge is 2.45. The van der Waals surface area contributed by atoms with Gasteiger partial charge in [0.15, 0.2) is 0 Å². The van der Waals surface area contributed by atoms with Crippen molar-refractivity contribution in [3.63, 3.8) is 0 Å². The molecule has 0 aliphatic carbocycles. The molecular formula is C13H23N3O. The maximum absolute atomic E-state index is 6.05. The Morgan fingerprint density at radius 2 is 2.18 bits per heavy atom. The van der Waals surface area contributed by atoms with E-state index in [-0.39, 0.29) is 11.2 Å². The summed E-state index contributed by atoms with van der Waals surface area (Å²) in [5.41, 5.74) is -0.111. The maximum atomic E-state index is 6.05. The molecule has 1 aromatic heterocycles. The molecule has 0 aromatic carbocycles. The highest BCUT2D eigenvalue weighted by atomic mass is 16.5. The van der Waals surface area contributed by atoms with Gasteiger partial charge in [0.25, 0.3) is 0 Å². The molecule has 1 saturated heterocycles. The molecule has 1 atom stereocenters. The van der Waals surface area contributed by atoms with Crippen molar-refractivity contribution in [2.75, 3.05) is 6.54 Å². The second-order valence-corrected chi connectivity index (χ2v) is 5.95. The lowest BCUT2D eigenvalue weighted by molar-refractivity contribution is -0.0698. The molecule has 0 amide bonds. The van der Waals surface area contributed by atoms with E-state index in [4.69, 9.17) is 4.74 Å². The fourth-order valence-electron chi connectivity index (χ4n) is 2.67. The summed E-state index contributed by atoms with van der Waals surface area (Å²) in [6, 6.07) is 2.36. The van der Waals surface area contributed by atoms with Crippen LogP contribution in [0.2, 0.25) is 0 Å². The summed E-state index contributed by atoms with van der Waals surface area (Å²) < 4.78 is 8.00. The predicted molar refractivity (Wildman–Crippen MR) is 67.9 cm³/mol. The minimum Gasteiger partial charge on any atom is -0.368 e. The zero-order valence-corrected chi connectivity index (χ0v) is 11.2. The third-order valence-corrected chi connectivity index (χ3v) is 3.37. The van der Waals surface area contributed by atoms with Crippen molar-refractivity contribution in [3.8, 4) is 0 Å². The lowest BCUT2D eigenvalue weighted by Crippen LogP contribution is -2.44. The third-order valence-electron chi connectivity index (χ3n) is 3.37. The first kappa shape index (κ1) is 12.6. The van der Waals surface area contributed by atoms with Crippen LogP contribution in [0.25, 0.3) is 0 Å². The van der Waals surface area contributed by atoms with Gasteiger partial charge in [0, 0.05) is 25.0 Å². The van der Waals surface area contributed by atoms with Crippen LogP contribution >= 0.6 is 0 Å². The topological polar surface area (TPSA) is 39.1 Å². The number of nitrogens with one attached hydrogen (secondary N) is 1. The molecular weight excluding hydrogens is 214 g/mol. The number of hydrogen-bond donors (Lipinski definition) is 1. The van der Waals surface area contributed by atoms with Crippen LogP contribution in [-0.4, -0.2) is 33.6 Å². The van der Waals surface area contributed by atoms with Crippen LogP contribution < -0.4 is 5.32 Å². The van der Waals surface area contributed by atoms with E-state index in [1.807, 2.05) is 23.1 Å². The molecule has 4 heteroatoms. The van der Waals surface area contributed by atoms with Gasteiger partial charge in [-0.3, -0.25) is 4.68 Å². The molecule has 0 bridgehead atoms. The molecule has 2 heterocycles. The van der Waals surface area contributed by atoms with Crippen molar-refractivity contribution in [2.24, 2.45) is 0 Å². The number of nitrogens with zero attached hydrogens (tertiary/aromatic N) is 2. The van der Waals surface area contributed by atoms with E-state index >= 15 is 0 Å². The average molecular weight is 237 g/mol. The van der Waals surface area contributed by atoms with E-state index < -0.39 is 0 Å². The standard InChI is InChI=1S/C13H23N3O/c1-12(2)10-11(13(3,4)17-12)14-7-9-16-8-5-6-15-16/h5-6,8,11,14H,7,9-10H2,1-4H3. The van der Waals surface area contributed by atoms with E-state index in [0.29, 0.717) is 6.04 Å². The second kappa shape index (κ2) is 4.42. The van der Waals surface area contributed by atoms with E-state index in [1.54, 1.807) is 0 Å². The number of ether oxygens (including phenoxy) is 1. The Kier molecular flexibility index (Phi) is 3.27. The Labute approximate surface area is 103 Å². The molecule has 96 valence electrons. The zero-order valence-electron chi connectivity index (χ0n) is 11.2. The van der Waals surface area contributed by atoms with Crippen molar-refractivity contribution in [1.82, 2.24) is 15.1 Å². The fraction of sp³-hybridized carbons (Fsp3) is 0.769. The molecule has 0 radical (unpaired) electrons. The van der Waals surface area contributed by atoms with Crippen molar-refractivity contribution in [1.29, 1.82) is 0 Å². The van der Waals surface area contributed by atoms with Crippen molar-refractivity contribution < 1.29 is 4.74 Å². The van der Waals surface area contributed by atoms with Gasteiger partial charge in [0.1, 0.15) is 0 Å². The van der Waals surface area contributed by atoms with Crippen LogP contribution in [0, 0.1) is 0 Å². The van der Waals surface area contributed by atoms with Gasteiger partial charge in [0.2, 0.25) is 0 Å². The summed E-state index contributed by atoms with van der Waals surface area (Å²) in [6.07, 6.45) is 4.85. The van der Waals surface area contributed by atoms with Crippen LogP contribution in [0.4, 0.5) is 0 Å².